The number of aryl methyl sites for hydroxylation is 1. The van der Waals surface area contributed by atoms with Gasteiger partial charge >= 0.3 is 0 Å². The molecule has 1 aromatic carbocycles. The number of rotatable bonds is 4. The predicted octanol–water partition coefficient (Wildman–Crippen LogP) is 1.33. The minimum absolute atomic E-state index is 0.138. The van der Waals surface area contributed by atoms with Crippen LogP contribution in [0.25, 0.3) is 11.5 Å². The minimum atomic E-state index is -0.138. The van der Waals surface area contributed by atoms with Crippen molar-refractivity contribution in [3.05, 3.63) is 30.1 Å². The number of anilines is 1. The molecular weight excluding hydrogens is 232 g/mol. The van der Waals surface area contributed by atoms with Crippen LogP contribution in [0.15, 0.2) is 28.8 Å². The van der Waals surface area contributed by atoms with E-state index in [2.05, 4.69) is 15.5 Å². The summed E-state index contributed by atoms with van der Waals surface area (Å²) in [7, 11) is 0. The highest BCUT2D eigenvalue weighted by molar-refractivity contribution is 5.94. The number of nitrogens with two attached hydrogens (primary N) is 1. The number of benzene rings is 1. The van der Waals surface area contributed by atoms with Crippen LogP contribution >= 0.6 is 0 Å². The molecule has 2 rings (SSSR count). The fraction of sp³-hybridized carbons (Fsp3) is 0.250. The summed E-state index contributed by atoms with van der Waals surface area (Å²) in [6.45, 7) is 2.05. The third-order valence-corrected chi connectivity index (χ3v) is 2.33. The zero-order valence-corrected chi connectivity index (χ0v) is 10.0. The lowest BCUT2D eigenvalue weighted by atomic mass is 10.1. The Morgan fingerprint density at radius 2 is 2.22 bits per heavy atom. The Morgan fingerprint density at radius 1 is 1.44 bits per heavy atom. The van der Waals surface area contributed by atoms with Crippen molar-refractivity contribution < 1.29 is 9.32 Å². The van der Waals surface area contributed by atoms with E-state index in [9.17, 15) is 4.79 Å². The first kappa shape index (κ1) is 12.3. The first-order valence-electron chi connectivity index (χ1n) is 5.60. The van der Waals surface area contributed by atoms with Crippen LogP contribution in [0.1, 0.15) is 12.2 Å². The van der Waals surface area contributed by atoms with E-state index in [1.54, 1.807) is 13.0 Å². The second kappa shape index (κ2) is 5.42. The van der Waals surface area contributed by atoms with Gasteiger partial charge in [-0.05, 0) is 19.1 Å². The van der Waals surface area contributed by atoms with Gasteiger partial charge in [0.2, 0.25) is 5.91 Å². The number of nitrogens with zero attached hydrogens (tertiary/aromatic N) is 2. The maximum atomic E-state index is 11.5. The first-order valence-corrected chi connectivity index (χ1v) is 5.60. The number of hydrogen-bond acceptors (Lipinski definition) is 5. The van der Waals surface area contributed by atoms with Gasteiger partial charge in [0.25, 0.3) is 5.89 Å². The van der Waals surface area contributed by atoms with Gasteiger partial charge in [-0.15, -0.1) is 0 Å². The Labute approximate surface area is 104 Å². The SMILES string of the molecule is Cc1noc(-c2ccccc2NC(=O)CCN)n1. The van der Waals surface area contributed by atoms with Crippen LogP contribution in [-0.4, -0.2) is 22.6 Å². The molecule has 0 saturated heterocycles. The standard InChI is InChI=1S/C12H14N4O2/c1-8-14-12(18-16-8)9-4-2-3-5-10(9)15-11(17)6-7-13/h2-5H,6-7,13H2,1H3,(H,15,17). The molecule has 94 valence electrons. The number of aromatic nitrogens is 2. The Bertz CT molecular complexity index is 551. The van der Waals surface area contributed by atoms with Crippen molar-refractivity contribution in [1.29, 1.82) is 0 Å². The maximum Gasteiger partial charge on any atom is 0.260 e. The van der Waals surface area contributed by atoms with Gasteiger partial charge in [-0.3, -0.25) is 4.79 Å². The molecular formula is C12H14N4O2. The van der Waals surface area contributed by atoms with Gasteiger partial charge in [0.15, 0.2) is 5.82 Å². The highest BCUT2D eigenvalue weighted by Crippen LogP contribution is 2.26. The lowest BCUT2D eigenvalue weighted by Crippen LogP contribution is -2.16. The summed E-state index contributed by atoms with van der Waals surface area (Å²) in [6.07, 6.45) is 0.275. The van der Waals surface area contributed by atoms with Crippen LogP contribution in [0.5, 0.6) is 0 Å². The van der Waals surface area contributed by atoms with Crippen LogP contribution in [0.4, 0.5) is 5.69 Å². The van der Waals surface area contributed by atoms with Gasteiger partial charge in [-0.2, -0.15) is 4.98 Å². The molecule has 0 radical (unpaired) electrons. The molecule has 1 aromatic heterocycles. The van der Waals surface area contributed by atoms with E-state index in [1.165, 1.54) is 0 Å². The molecule has 0 atom stereocenters. The predicted molar refractivity (Wildman–Crippen MR) is 66.8 cm³/mol. The van der Waals surface area contributed by atoms with E-state index in [4.69, 9.17) is 10.3 Å². The summed E-state index contributed by atoms with van der Waals surface area (Å²) in [5, 5.41) is 6.50. The topological polar surface area (TPSA) is 94.0 Å². The van der Waals surface area contributed by atoms with Crippen LogP contribution in [0.3, 0.4) is 0 Å². The molecule has 18 heavy (non-hydrogen) atoms. The van der Waals surface area contributed by atoms with Crippen molar-refractivity contribution >= 4 is 11.6 Å². The molecule has 6 heteroatoms. The molecule has 6 nitrogen and oxygen atoms in total. The highest BCUT2D eigenvalue weighted by atomic mass is 16.5. The zero-order chi connectivity index (χ0) is 13.0. The molecule has 0 unspecified atom stereocenters. The van der Waals surface area contributed by atoms with Gasteiger partial charge in [0.05, 0.1) is 11.3 Å². The Morgan fingerprint density at radius 3 is 2.89 bits per heavy atom. The summed E-state index contributed by atoms with van der Waals surface area (Å²) in [6, 6.07) is 7.26. The number of carbonyl (C=O) groups is 1. The van der Waals surface area contributed by atoms with Crippen molar-refractivity contribution in [3.8, 4) is 11.5 Å². The van der Waals surface area contributed by atoms with E-state index < -0.39 is 0 Å². The molecule has 0 aliphatic carbocycles. The Kier molecular flexibility index (Phi) is 3.69. The van der Waals surface area contributed by atoms with Crippen molar-refractivity contribution in [2.24, 2.45) is 5.73 Å². The summed E-state index contributed by atoms with van der Waals surface area (Å²) in [5.41, 5.74) is 6.67. The molecule has 1 amide bonds. The molecule has 3 N–H and O–H groups in total. The van der Waals surface area contributed by atoms with E-state index >= 15 is 0 Å². The largest absolute Gasteiger partial charge is 0.334 e. The molecule has 2 aromatic rings. The quantitative estimate of drug-likeness (QED) is 0.848. The molecule has 0 spiro atoms. The van der Waals surface area contributed by atoms with Gasteiger partial charge in [-0.25, -0.2) is 0 Å². The summed E-state index contributed by atoms with van der Waals surface area (Å²) < 4.78 is 5.10. The normalized spacial score (nSPS) is 10.3. The van der Waals surface area contributed by atoms with E-state index in [0.29, 0.717) is 29.5 Å². The molecule has 0 fully saturated rings. The summed E-state index contributed by atoms with van der Waals surface area (Å²) in [5.74, 6) is 0.797. The van der Waals surface area contributed by atoms with Crippen molar-refractivity contribution in [2.45, 2.75) is 13.3 Å². The number of hydrogen-bond donors (Lipinski definition) is 2. The fourth-order valence-corrected chi connectivity index (χ4v) is 1.53. The van der Waals surface area contributed by atoms with E-state index in [0.717, 1.165) is 0 Å². The van der Waals surface area contributed by atoms with E-state index in [1.807, 2.05) is 18.2 Å². The first-order chi connectivity index (χ1) is 8.70. The number of para-hydroxylation sites is 1. The molecule has 0 aliphatic heterocycles. The van der Waals surface area contributed by atoms with Gasteiger partial charge in [-0.1, -0.05) is 17.3 Å². The number of carbonyl (C=O) groups excluding carboxylic acids is 1. The monoisotopic (exact) mass is 246 g/mol. The van der Waals surface area contributed by atoms with Crippen LogP contribution < -0.4 is 11.1 Å². The maximum absolute atomic E-state index is 11.5. The third kappa shape index (κ3) is 2.72. The van der Waals surface area contributed by atoms with Crippen LogP contribution in [-0.2, 0) is 4.79 Å². The third-order valence-electron chi connectivity index (χ3n) is 2.33. The molecule has 0 aliphatic rings. The van der Waals surface area contributed by atoms with Crippen molar-refractivity contribution in [1.82, 2.24) is 10.1 Å². The fourth-order valence-electron chi connectivity index (χ4n) is 1.53. The summed E-state index contributed by atoms with van der Waals surface area (Å²) >= 11 is 0. The van der Waals surface area contributed by atoms with Crippen molar-refractivity contribution in [3.63, 3.8) is 0 Å². The van der Waals surface area contributed by atoms with Gasteiger partial charge in [0, 0.05) is 13.0 Å². The second-order valence-corrected chi connectivity index (χ2v) is 3.78. The van der Waals surface area contributed by atoms with Crippen LogP contribution in [0.2, 0.25) is 0 Å². The smallest absolute Gasteiger partial charge is 0.260 e. The average Bonchev–Trinajstić information content (AvgIpc) is 2.77. The Hall–Kier alpha value is -2.21. The number of amides is 1. The van der Waals surface area contributed by atoms with Crippen molar-refractivity contribution in [2.75, 3.05) is 11.9 Å². The average molecular weight is 246 g/mol. The van der Waals surface area contributed by atoms with Gasteiger partial charge in [0.1, 0.15) is 0 Å². The van der Waals surface area contributed by atoms with Crippen LogP contribution in [0, 0.1) is 6.92 Å². The second-order valence-electron chi connectivity index (χ2n) is 3.78. The molecule has 0 saturated carbocycles. The lowest BCUT2D eigenvalue weighted by Gasteiger charge is -2.07. The lowest BCUT2D eigenvalue weighted by molar-refractivity contribution is -0.116. The Balaban J connectivity index is 2.28. The summed E-state index contributed by atoms with van der Waals surface area (Å²) in [4.78, 5) is 15.7. The van der Waals surface area contributed by atoms with E-state index in [-0.39, 0.29) is 12.3 Å². The van der Waals surface area contributed by atoms with Gasteiger partial charge < -0.3 is 15.6 Å². The highest BCUT2D eigenvalue weighted by Gasteiger charge is 2.12. The zero-order valence-electron chi connectivity index (χ0n) is 10.0. The molecule has 1 heterocycles. The number of nitrogens with one attached hydrogen (secondary N) is 1. The molecule has 0 bridgehead atoms. The minimum Gasteiger partial charge on any atom is -0.334 e.